The molecule has 0 amide bonds. The lowest BCUT2D eigenvalue weighted by Crippen LogP contribution is -2.29. The summed E-state index contributed by atoms with van der Waals surface area (Å²) in [6.07, 6.45) is 0. The summed E-state index contributed by atoms with van der Waals surface area (Å²) in [6.45, 7) is 1.37. The number of hydrogen-bond donors (Lipinski definition) is 2. The van der Waals surface area contributed by atoms with Crippen molar-refractivity contribution < 1.29 is 23.8 Å². The van der Waals surface area contributed by atoms with Crippen LogP contribution in [0.25, 0.3) is 0 Å². The predicted molar refractivity (Wildman–Crippen MR) is 93.2 cm³/mol. The fourth-order valence-electron chi connectivity index (χ4n) is 2.54. The highest BCUT2D eigenvalue weighted by Crippen LogP contribution is 2.44. The molecule has 0 saturated heterocycles. The van der Waals surface area contributed by atoms with E-state index >= 15 is 0 Å². The molecule has 0 saturated carbocycles. The summed E-state index contributed by atoms with van der Waals surface area (Å²) < 4.78 is 16.9. The van der Waals surface area contributed by atoms with Gasteiger partial charge in [-0.05, 0) is 28.9 Å². The van der Waals surface area contributed by atoms with Gasteiger partial charge in [-0.3, -0.25) is 4.79 Å². The predicted octanol–water partition coefficient (Wildman–Crippen LogP) is 2.21. The summed E-state index contributed by atoms with van der Waals surface area (Å²) in [4.78, 5) is 25.4. The minimum atomic E-state index is -0.765. The van der Waals surface area contributed by atoms with E-state index in [1.807, 2.05) is 5.38 Å². The van der Waals surface area contributed by atoms with Gasteiger partial charge in [0, 0.05) is 20.8 Å². The van der Waals surface area contributed by atoms with Gasteiger partial charge in [-0.15, -0.1) is 11.3 Å². The Morgan fingerprint density at radius 3 is 2.84 bits per heavy atom. The van der Waals surface area contributed by atoms with E-state index in [1.165, 1.54) is 11.3 Å². The van der Waals surface area contributed by atoms with Gasteiger partial charge in [-0.2, -0.15) is 0 Å². The van der Waals surface area contributed by atoms with Crippen molar-refractivity contribution in [3.8, 4) is 5.75 Å². The van der Waals surface area contributed by atoms with Crippen molar-refractivity contribution in [2.24, 2.45) is 5.73 Å². The molecule has 0 aliphatic carbocycles. The SMILES string of the molecule is CCOC(=O)C1=C(N)Oc2c(oc(CO)cc2=O)C1c1cc(Br)cs1. The van der Waals surface area contributed by atoms with Gasteiger partial charge in [-0.25, -0.2) is 4.79 Å². The van der Waals surface area contributed by atoms with Crippen LogP contribution in [0.1, 0.15) is 29.2 Å². The third-order valence-electron chi connectivity index (χ3n) is 3.53. The second kappa shape index (κ2) is 7.03. The third-order valence-corrected chi connectivity index (χ3v) is 5.29. The van der Waals surface area contributed by atoms with Crippen LogP contribution in [0, 0.1) is 0 Å². The highest BCUT2D eigenvalue weighted by Gasteiger charge is 2.39. The van der Waals surface area contributed by atoms with E-state index < -0.39 is 23.9 Å². The Morgan fingerprint density at radius 2 is 2.24 bits per heavy atom. The van der Waals surface area contributed by atoms with Gasteiger partial charge in [-0.1, -0.05) is 0 Å². The zero-order valence-corrected chi connectivity index (χ0v) is 15.5. The standard InChI is InChI=1S/C16H14BrNO6S/c1-2-22-16(21)12-11(10-3-7(17)6-25-10)14-13(24-15(12)18)9(20)4-8(5-19)23-14/h3-4,6,11,19H,2,5,18H2,1H3. The fourth-order valence-corrected chi connectivity index (χ4v) is 4.09. The van der Waals surface area contributed by atoms with Gasteiger partial charge in [0.25, 0.3) is 0 Å². The zero-order chi connectivity index (χ0) is 18.1. The molecule has 132 valence electrons. The van der Waals surface area contributed by atoms with Crippen LogP contribution in [0.2, 0.25) is 0 Å². The lowest BCUT2D eigenvalue weighted by molar-refractivity contribution is -0.139. The molecule has 1 unspecified atom stereocenters. The molecule has 3 rings (SSSR count). The Hall–Kier alpha value is -2.10. The molecule has 25 heavy (non-hydrogen) atoms. The van der Waals surface area contributed by atoms with E-state index in [-0.39, 0.29) is 35.3 Å². The van der Waals surface area contributed by atoms with Crippen molar-refractivity contribution in [2.45, 2.75) is 19.4 Å². The quantitative estimate of drug-likeness (QED) is 0.719. The van der Waals surface area contributed by atoms with Crippen LogP contribution < -0.4 is 15.9 Å². The number of halogens is 1. The summed E-state index contributed by atoms with van der Waals surface area (Å²) >= 11 is 4.72. The van der Waals surface area contributed by atoms with E-state index in [1.54, 1.807) is 13.0 Å². The average molecular weight is 428 g/mol. The minimum absolute atomic E-state index is 0.0574. The van der Waals surface area contributed by atoms with E-state index in [4.69, 9.17) is 19.6 Å². The molecule has 0 aromatic carbocycles. The first kappa shape index (κ1) is 17.7. The molecule has 0 fully saturated rings. The molecular formula is C16H14BrNO6S. The molecule has 3 heterocycles. The summed E-state index contributed by atoms with van der Waals surface area (Å²) in [5, 5.41) is 11.2. The minimum Gasteiger partial charge on any atom is -0.462 e. The van der Waals surface area contributed by atoms with Crippen LogP contribution in [-0.2, 0) is 16.1 Å². The normalized spacial score (nSPS) is 16.4. The van der Waals surface area contributed by atoms with E-state index in [2.05, 4.69) is 15.9 Å². The number of aliphatic hydroxyl groups is 1. The van der Waals surface area contributed by atoms with Gasteiger partial charge in [0.15, 0.2) is 5.76 Å². The van der Waals surface area contributed by atoms with Gasteiger partial charge in [0.2, 0.25) is 17.1 Å². The molecule has 0 spiro atoms. The Morgan fingerprint density at radius 1 is 1.48 bits per heavy atom. The first-order chi connectivity index (χ1) is 12.0. The lowest BCUT2D eigenvalue weighted by atomic mass is 9.92. The van der Waals surface area contributed by atoms with Crippen LogP contribution in [-0.4, -0.2) is 17.7 Å². The number of nitrogens with two attached hydrogens (primary N) is 1. The van der Waals surface area contributed by atoms with E-state index in [9.17, 15) is 14.7 Å². The van der Waals surface area contributed by atoms with E-state index in [0.717, 1.165) is 10.5 Å². The molecule has 9 heteroatoms. The maximum Gasteiger partial charge on any atom is 0.340 e. The third kappa shape index (κ3) is 3.22. The topological polar surface area (TPSA) is 112 Å². The van der Waals surface area contributed by atoms with Crippen molar-refractivity contribution in [3.05, 3.63) is 60.1 Å². The molecule has 2 aromatic rings. The first-order valence-electron chi connectivity index (χ1n) is 7.32. The number of ether oxygens (including phenoxy) is 2. The van der Waals surface area contributed by atoms with Gasteiger partial charge in [0.05, 0.1) is 12.5 Å². The second-order valence-electron chi connectivity index (χ2n) is 5.13. The number of aliphatic hydroxyl groups excluding tert-OH is 1. The summed E-state index contributed by atoms with van der Waals surface area (Å²) in [5.41, 5.74) is 5.49. The largest absolute Gasteiger partial charge is 0.462 e. The van der Waals surface area contributed by atoms with Crippen molar-refractivity contribution >= 4 is 33.2 Å². The maximum atomic E-state index is 12.4. The zero-order valence-electron chi connectivity index (χ0n) is 13.1. The summed E-state index contributed by atoms with van der Waals surface area (Å²) in [7, 11) is 0. The van der Waals surface area contributed by atoms with Crippen molar-refractivity contribution in [1.29, 1.82) is 0 Å². The number of hydrogen-bond acceptors (Lipinski definition) is 8. The Labute approximate surface area is 154 Å². The second-order valence-corrected chi connectivity index (χ2v) is 6.99. The fraction of sp³-hybridized carbons (Fsp3) is 0.250. The molecule has 1 atom stereocenters. The number of carbonyl (C=O) groups is 1. The van der Waals surface area contributed by atoms with E-state index in [0.29, 0.717) is 4.88 Å². The molecule has 0 radical (unpaired) electrons. The van der Waals surface area contributed by atoms with Crippen molar-refractivity contribution in [1.82, 2.24) is 0 Å². The number of thiophene rings is 1. The number of carbonyl (C=O) groups excluding carboxylic acids is 1. The highest BCUT2D eigenvalue weighted by atomic mass is 79.9. The van der Waals surface area contributed by atoms with Crippen LogP contribution in [0.15, 0.2) is 42.7 Å². The summed E-state index contributed by atoms with van der Waals surface area (Å²) in [5.74, 6) is -1.54. The Balaban J connectivity index is 2.25. The Kier molecular flexibility index (Phi) is 4.98. The Bertz CT molecular complexity index is 916. The average Bonchev–Trinajstić information content (AvgIpc) is 3.00. The first-order valence-corrected chi connectivity index (χ1v) is 8.99. The number of esters is 1. The molecule has 7 nitrogen and oxygen atoms in total. The van der Waals surface area contributed by atoms with Crippen LogP contribution in [0.3, 0.4) is 0 Å². The monoisotopic (exact) mass is 427 g/mol. The summed E-state index contributed by atoms with van der Waals surface area (Å²) in [6, 6.07) is 2.92. The lowest BCUT2D eigenvalue weighted by Gasteiger charge is -2.25. The van der Waals surface area contributed by atoms with Crippen LogP contribution >= 0.6 is 27.3 Å². The molecule has 1 aliphatic rings. The molecular weight excluding hydrogens is 414 g/mol. The molecule has 0 bridgehead atoms. The number of fused-ring (bicyclic) bond motifs is 1. The van der Waals surface area contributed by atoms with Crippen LogP contribution in [0.5, 0.6) is 5.75 Å². The number of rotatable bonds is 4. The molecule has 1 aliphatic heterocycles. The molecule has 2 aromatic heterocycles. The smallest absolute Gasteiger partial charge is 0.340 e. The van der Waals surface area contributed by atoms with Crippen molar-refractivity contribution in [2.75, 3.05) is 6.61 Å². The maximum absolute atomic E-state index is 12.4. The van der Waals surface area contributed by atoms with Gasteiger partial charge in [0.1, 0.15) is 17.9 Å². The van der Waals surface area contributed by atoms with Crippen molar-refractivity contribution in [3.63, 3.8) is 0 Å². The highest BCUT2D eigenvalue weighted by molar-refractivity contribution is 9.10. The van der Waals surface area contributed by atoms with Gasteiger partial charge >= 0.3 is 5.97 Å². The van der Waals surface area contributed by atoms with Gasteiger partial charge < -0.3 is 24.7 Å². The van der Waals surface area contributed by atoms with Crippen LogP contribution in [0.4, 0.5) is 0 Å². The molecule has 3 N–H and O–H groups in total.